The van der Waals surface area contributed by atoms with E-state index in [1.165, 1.54) is 0 Å². The van der Waals surface area contributed by atoms with Crippen LogP contribution in [0.15, 0.2) is 0 Å². The zero-order valence-electron chi connectivity index (χ0n) is 7.00. The minimum absolute atomic E-state index is 0. The van der Waals surface area contributed by atoms with Crippen molar-refractivity contribution in [3.05, 3.63) is 0 Å². The van der Waals surface area contributed by atoms with Crippen molar-refractivity contribution in [2.24, 2.45) is 0 Å². The van der Waals surface area contributed by atoms with E-state index >= 15 is 0 Å². The van der Waals surface area contributed by atoms with Crippen molar-refractivity contribution in [2.45, 2.75) is 0 Å². The molecular formula is H11CaNaO4Si2. The Kier molecular flexibility index (Phi) is 26.7. The third-order valence-electron chi connectivity index (χ3n) is 0. The van der Waals surface area contributed by atoms with Crippen molar-refractivity contribution in [1.29, 1.82) is 0 Å². The molecule has 0 radical (unpaired) electrons. The molecule has 8 heavy (non-hydrogen) atoms. The van der Waals surface area contributed by atoms with Crippen LogP contribution in [-0.4, -0.2) is 76.9 Å². The van der Waals surface area contributed by atoms with Crippen LogP contribution in [0.25, 0.3) is 0 Å². The average molecular weight is 194 g/mol. The van der Waals surface area contributed by atoms with Crippen molar-refractivity contribution < 1.29 is 53.0 Å². The Morgan fingerprint density at radius 2 is 1.00 bits per heavy atom. The van der Waals surface area contributed by atoms with Gasteiger partial charge >= 0.3 is 76.3 Å². The molecule has 0 fully saturated rings. The second-order valence-electron chi connectivity index (χ2n) is 0.600. The molecular weight excluding hydrogens is 183 g/mol. The zero-order chi connectivity index (χ0) is 4.50. The van der Waals surface area contributed by atoms with Crippen LogP contribution >= 0.6 is 0 Å². The smallest absolute Gasteiger partial charge is 1.00 e. The molecule has 0 aromatic carbocycles. The quantitative estimate of drug-likeness (QED) is 0.289. The fraction of sp³-hybridized carbons (Fsp3) is 0. The first-order valence-corrected chi connectivity index (χ1v) is 2.68. The van der Waals surface area contributed by atoms with Gasteiger partial charge < -0.3 is 23.5 Å². The second kappa shape index (κ2) is 9.53. The van der Waals surface area contributed by atoms with Gasteiger partial charge in [-0.3, -0.25) is 0 Å². The molecule has 46 valence electrons. The van der Waals surface area contributed by atoms with Gasteiger partial charge in [0, 0.05) is 0 Å². The molecule has 4 nitrogen and oxygen atoms in total. The molecule has 0 saturated heterocycles. The molecule has 0 spiro atoms. The normalized spacial score (nSPS) is 7.50. The Hall–Kier alpha value is 2.53. The molecule has 0 atom stereocenters. The Morgan fingerprint density at radius 3 is 1.00 bits per heavy atom. The summed E-state index contributed by atoms with van der Waals surface area (Å²) in [5, 5.41) is 0. The molecule has 0 bridgehead atoms. The summed E-state index contributed by atoms with van der Waals surface area (Å²) in [6.45, 7) is 0. The number of hydrogen-bond acceptors (Lipinski definition) is 4. The van der Waals surface area contributed by atoms with Gasteiger partial charge in [0.05, 0.1) is 0 Å². The first-order valence-electron chi connectivity index (χ1n) is 0.894. The molecule has 0 amide bonds. The van der Waals surface area contributed by atoms with Gasteiger partial charge in [-0.2, -0.15) is 0 Å². The minimum atomic E-state index is -4.61. The summed E-state index contributed by atoms with van der Waals surface area (Å²) in [6.07, 6.45) is 0. The molecule has 0 aromatic rings. The van der Waals surface area contributed by atoms with Crippen molar-refractivity contribution in [3.63, 3.8) is 0 Å². The SMILES string of the molecule is O[Si](O)(O)O.[Ca+2].[H-].[H-].[H-].[Na+].[SiH4]. The predicted molar refractivity (Wildman–Crippen MR) is 35.1 cm³/mol. The molecule has 8 heteroatoms. The van der Waals surface area contributed by atoms with E-state index < -0.39 is 9.05 Å². The van der Waals surface area contributed by atoms with Gasteiger partial charge in [-0.05, 0) is 11.0 Å². The molecule has 0 aliphatic heterocycles. The maximum atomic E-state index is 7.33. The van der Waals surface area contributed by atoms with E-state index in [0.29, 0.717) is 0 Å². The molecule has 0 aliphatic carbocycles. The minimum Gasteiger partial charge on any atom is -1.00 e. The Balaban J connectivity index is -0.00000000533. The van der Waals surface area contributed by atoms with Crippen LogP contribution in [0.1, 0.15) is 4.28 Å². The van der Waals surface area contributed by atoms with Crippen LogP contribution in [-0.2, 0) is 0 Å². The van der Waals surface area contributed by atoms with Crippen LogP contribution < -0.4 is 29.6 Å². The zero-order valence-corrected chi connectivity index (χ0v) is 9.20. The Labute approximate surface area is 109 Å². The molecule has 0 unspecified atom stereocenters. The molecule has 0 saturated carbocycles. The van der Waals surface area contributed by atoms with Gasteiger partial charge in [-0.25, -0.2) is 0 Å². The van der Waals surface area contributed by atoms with E-state index in [2.05, 4.69) is 0 Å². The van der Waals surface area contributed by atoms with Crippen LogP contribution in [0, 0.1) is 0 Å². The van der Waals surface area contributed by atoms with Gasteiger partial charge in [0.2, 0.25) is 0 Å². The van der Waals surface area contributed by atoms with Gasteiger partial charge in [0.15, 0.2) is 0 Å². The van der Waals surface area contributed by atoms with Gasteiger partial charge in [-0.1, -0.05) is 0 Å². The fourth-order valence-corrected chi connectivity index (χ4v) is 0. The van der Waals surface area contributed by atoms with Gasteiger partial charge in [0.25, 0.3) is 0 Å². The van der Waals surface area contributed by atoms with E-state index in [-0.39, 0.29) is 82.5 Å². The third-order valence-corrected chi connectivity index (χ3v) is 0. The molecule has 4 N–H and O–H groups in total. The van der Waals surface area contributed by atoms with Crippen LogP contribution in [0.3, 0.4) is 0 Å². The molecule has 0 aromatic heterocycles. The van der Waals surface area contributed by atoms with E-state index in [1.807, 2.05) is 0 Å². The second-order valence-corrected chi connectivity index (χ2v) is 1.80. The monoisotopic (exact) mass is 194 g/mol. The van der Waals surface area contributed by atoms with E-state index in [9.17, 15) is 0 Å². The van der Waals surface area contributed by atoms with Crippen LogP contribution in [0.2, 0.25) is 0 Å². The van der Waals surface area contributed by atoms with Crippen LogP contribution in [0.4, 0.5) is 0 Å². The van der Waals surface area contributed by atoms with Crippen molar-refractivity contribution in [3.8, 4) is 0 Å². The van der Waals surface area contributed by atoms with Crippen LogP contribution in [0.5, 0.6) is 0 Å². The summed E-state index contributed by atoms with van der Waals surface area (Å²) in [7, 11) is -4.61. The summed E-state index contributed by atoms with van der Waals surface area (Å²) in [4.78, 5) is 29.3. The maximum absolute atomic E-state index is 7.33. The molecule has 0 aliphatic rings. The summed E-state index contributed by atoms with van der Waals surface area (Å²) in [6, 6.07) is 0. The third kappa shape index (κ3) is 75.5. The topological polar surface area (TPSA) is 80.9 Å². The van der Waals surface area contributed by atoms with E-state index in [1.54, 1.807) is 0 Å². The van der Waals surface area contributed by atoms with Gasteiger partial charge in [0.1, 0.15) is 0 Å². The van der Waals surface area contributed by atoms with Crippen molar-refractivity contribution in [2.75, 3.05) is 0 Å². The number of hydrogen-bond donors (Lipinski definition) is 4. The molecule has 0 heterocycles. The largest absolute Gasteiger partial charge is 2.00 e. The molecule has 0 rings (SSSR count). The van der Waals surface area contributed by atoms with Crippen molar-refractivity contribution in [1.82, 2.24) is 0 Å². The van der Waals surface area contributed by atoms with E-state index in [4.69, 9.17) is 19.2 Å². The summed E-state index contributed by atoms with van der Waals surface area (Å²) in [5.74, 6) is 0. The first-order chi connectivity index (χ1) is 2.00. The predicted octanol–water partition coefficient (Wildman–Crippen LogP) is -7.10. The summed E-state index contributed by atoms with van der Waals surface area (Å²) >= 11 is 0. The Bertz CT molecular complexity index is 38.8. The number of rotatable bonds is 0. The standard InChI is InChI=1S/Ca.Na.H4O4Si.H4Si.3H/c;;1-5(2,3)4;;;;/h;;1-4H;1H4;;;/q+2;+1;;;3*-1. The maximum Gasteiger partial charge on any atom is 2.00 e. The first kappa shape index (κ1) is 22.4. The average Bonchev–Trinajstić information content (AvgIpc) is 0.722. The summed E-state index contributed by atoms with van der Waals surface area (Å²) < 4.78 is 0. The van der Waals surface area contributed by atoms with Gasteiger partial charge in [-0.15, -0.1) is 0 Å². The van der Waals surface area contributed by atoms with E-state index in [0.717, 1.165) is 0 Å². The summed E-state index contributed by atoms with van der Waals surface area (Å²) in [5.41, 5.74) is 0. The Morgan fingerprint density at radius 1 is 1.00 bits per heavy atom. The fourth-order valence-electron chi connectivity index (χ4n) is 0. The van der Waals surface area contributed by atoms with Crippen molar-refractivity contribution >= 4 is 57.8 Å².